The Morgan fingerprint density at radius 2 is 2.00 bits per heavy atom. The molecule has 0 saturated carbocycles. The number of aliphatic hydroxyl groups excluding tert-OH is 3. The third-order valence-electron chi connectivity index (χ3n) is 6.82. The fourth-order valence-electron chi connectivity index (χ4n) is 4.68. The zero-order valence-corrected chi connectivity index (χ0v) is 20.8. The molecular weight excluding hydrogens is 508 g/mol. The largest absolute Gasteiger partial charge is 0.394 e. The van der Waals surface area contributed by atoms with Gasteiger partial charge in [0.15, 0.2) is 23.2 Å². The molecule has 1 amide bonds. The number of carbonyl (C=O) groups is 1. The summed E-state index contributed by atoms with van der Waals surface area (Å²) in [7, 11) is 0. The fourth-order valence-corrected chi connectivity index (χ4v) is 4.68. The van der Waals surface area contributed by atoms with E-state index in [1.54, 1.807) is 0 Å². The highest BCUT2D eigenvalue weighted by atomic mass is 16.6. The van der Waals surface area contributed by atoms with E-state index in [0.717, 1.165) is 12.0 Å². The second-order valence-electron chi connectivity index (χ2n) is 9.47. The van der Waals surface area contributed by atoms with Crippen LogP contribution in [0.5, 0.6) is 0 Å². The highest BCUT2D eigenvalue weighted by Gasteiger charge is 2.44. The maximum atomic E-state index is 12.8. The van der Waals surface area contributed by atoms with Crippen molar-refractivity contribution in [2.24, 2.45) is 0 Å². The summed E-state index contributed by atoms with van der Waals surface area (Å²) < 4.78 is 14.0. The maximum Gasteiger partial charge on any atom is 0.254 e. The minimum Gasteiger partial charge on any atom is -0.394 e. The first kappa shape index (κ1) is 25.3. The molecule has 39 heavy (non-hydrogen) atoms. The second kappa shape index (κ2) is 10.7. The molecule has 2 saturated heterocycles. The molecule has 1 aromatic carbocycles. The van der Waals surface area contributed by atoms with Crippen molar-refractivity contribution in [1.29, 1.82) is 0 Å². The molecule has 5 heterocycles. The number of imidazole rings is 1. The molecule has 0 spiro atoms. The van der Waals surface area contributed by atoms with Crippen molar-refractivity contribution in [2.45, 2.75) is 43.5 Å². The number of rotatable bonds is 8. The van der Waals surface area contributed by atoms with E-state index in [0.29, 0.717) is 42.3 Å². The molecule has 2 aliphatic heterocycles. The van der Waals surface area contributed by atoms with E-state index >= 15 is 0 Å². The normalized spacial score (nSPS) is 24.8. The Labute approximate surface area is 222 Å². The first-order chi connectivity index (χ1) is 19.0. The van der Waals surface area contributed by atoms with E-state index in [-0.39, 0.29) is 17.9 Å². The van der Waals surface area contributed by atoms with E-state index < -0.39 is 31.1 Å². The van der Waals surface area contributed by atoms with E-state index in [1.165, 1.54) is 28.0 Å². The molecule has 6 rings (SSSR count). The monoisotopic (exact) mass is 536 g/mol. The van der Waals surface area contributed by atoms with Crippen LogP contribution in [0.25, 0.3) is 17.1 Å². The van der Waals surface area contributed by atoms with Gasteiger partial charge in [-0.2, -0.15) is 15.1 Å². The summed E-state index contributed by atoms with van der Waals surface area (Å²) in [4.78, 5) is 26.4. The van der Waals surface area contributed by atoms with Gasteiger partial charge in [0.25, 0.3) is 11.9 Å². The summed E-state index contributed by atoms with van der Waals surface area (Å²) in [5.41, 5.74) is 2.01. The standard InChI is InChI=1S/C25H28N8O6/c34-11-17-19(35)20(36)24(39-17)32-13-27-18-21(29-16-6-7-38-12-16)30-25(31-22(18)32)33-10-15(9-28-33)23(37)26-8-14-4-2-1-3-5-14/h1-5,9-10,13,16-17,19-20,24,34-36H,6-8,11-12H2,(H,26,37)(H,29,30,31)/t16-,17-,19-,20-,24-/m1/s1. The van der Waals surface area contributed by atoms with Gasteiger partial charge in [-0.25, -0.2) is 9.67 Å². The van der Waals surface area contributed by atoms with Crippen molar-refractivity contribution < 1.29 is 29.6 Å². The number of benzene rings is 1. The summed E-state index contributed by atoms with van der Waals surface area (Å²) in [6, 6.07) is 9.57. The molecule has 3 aromatic heterocycles. The Morgan fingerprint density at radius 1 is 1.15 bits per heavy atom. The number of carbonyl (C=O) groups excluding carboxylic acids is 1. The van der Waals surface area contributed by atoms with Crippen LogP contribution in [0.1, 0.15) is 28.6 Å². The number of nitrogens with zero attached hydrogens (tertiary/aromatic N) is 6. The number of ether oxygens (including phenoxy) is 2. The van der Waals surface area contributed by atoms with Crippen molar-refractivity contribution in [3.05, 3.63) is 60.2 Å². The van der Waals surface area contributed by atoms with E-state index in [9.17, 15) is 20.1 Å². The smallest absolute Gasteiger partial charge is 0.254 e. The first-order valence-electron chi connectivity index (χ1n) is 12.6. The van der Waals surface area contributed by atoms with Gasteiger partial charge < -0.3 is 35.4 Å². The number of amides is 1. The lowest BCUT2D eigenvalue weighted by Crippen LogP contribution is -2.33. The number of nitrogens with one attached hydrogen (secondary N) is 2. The average Bonchev–Trinajstić information content (AvgIpc) is 3.76. The van der Waals surface area contributed by atoms with Crippen LogP contribution in [-0.2, 0) is 16.0 Å². The Hall–Kier alpha value is -3.95. The molecule has 0 radical (unpaired) electrons. The predicted octanol–water partition coefficient (Wildman–Crippen LogP) is -0.246. The van der Waals surface area contributed by atoms with Crippen molar-refractivity contribution >= 4 is 22.9 Å². The number of hydrogen-bond acceptors (Lipinski definition) is 11. The number of aromatic nitrogens is 6. The van der Waals surface area contributed by atoms with Crippen molar-refractivity contribution in [2.75, 3.05) is 25.1 Å². The minimum atomic E-state index is -1.32. The molecular formula is C25H28N8O6. The van der Waals surface area contributed by atoms with Crippen LogP contribution in [-0.4, -0.2) is 94.7 Å². The van der Waals surface area contributed by atoms with Crippen LogP contribution >= 0.6 is 0 Å². The summed E-state index contributed by atoms with van der Waals surface area (Å²) in [6.45, 7) is 1.03. The highest BCUT2D eigenvalue weighted by Crippen LogP contribution is 2.33. The van der Waals surface area contributed by atoms with Gasteiger partial charge in [0.2, 0.25) is 0 Å². The van der Waals surface area contributed by atoms with Gasteiger partial charge in [0.05, 0.1) is 37.3 Å². The van der Waals surface area contributed by atoms with Gasteiger partial charge in [0, 0.05) is 19.3 Å². The first-order valence-corrected chi connectivity index (χ1v) is 12.6. The van der Waals surface area contributed by atoms with Crippen LogP contribution in [0, 0.1) is 0 Å². The Kier molecular flexibility index (Phi) is 6.93. The number of hydrogen-bond donors (Lipinski definition) is 5. The van der Waals surface area contributed by atoms with Crippen molar-refractivity contribution in [3.63, 3.8) is 0 Å². The zero-order valence-electron chi connectivity index (χ0n) is 20.8. The van der Waals surface area contributed by atoms with Gasteiger partial charge in [-0.05, 0) is 12.0 Å². The molecule has 2 fully saturated rings. The Bertz CT molecular complexity index is 1450. The molecule has 5 N–H and O–H groups in total. The molecule has 14 nitrogen and oxygen atoms in total. The van der Waals surface area contributed by atoms with Gasteiger partial charge >= 0.3 is 0 Å². The van der Waals surface area contributed by atoms with Gasteiger partial charge in [-0.1, -0.05) is 30.3 Å². The lowest BCUT2D eigenvalue weighted by Gasteiger charge is -2.17. The van der Waals surface area contributed by atoms with Crippen LogP contribution in [0.4, 0.5) is 5.82 Å². The van der Waals surface area contributed by atoms with Crippen molar-refractivity contribution in [3.8, 4) is 5.95 Å². The molecule has 4 aromatic rings. The molecule has 5 atom stereocenters. The highest BCUT2D eigenvalue weighted by molar-refractivity contribution is 5.93. The molecule has 0 unspecified atom stereocenters. The molecule has 0 bridgehead atoms. The maximum absolute atomic E-state index is 12.8. The third kappa shape index (κ3) is 4.95. The lowest BCUT2D eigenvalue weighted by atomic mass is 10.1. The average molecular weight is 537 g/mol. The topological polar surface area (TPSA) is 182 Å². The van der Waals surface area contributed by atoms with E-state index in [4.69, 9.17) is 9.47 Å². The van der Waals surface area contributed by atoms with Crippen LogP contribution in [0.15, 0.2) is 49.1 Å². The van der Waals surface area contributed by atoms with Gasteiger partial charge in [-0.3, -0.25) is 9.36 Å². The Balaban J connectivity index is 1.33. The summed E-state index contributed by atoms with van der Waals surface area (Å²) >= 11 is 0. The quantitative estimate of drug-likeness (QED) is 0.200. The fraction of sp³-hybridized carbons (Fsp3) is 0.400. The van der Waals surface area contributed by atoms with Gasteiger partial charge in [-0.15, -0.1) is 0 Å². The molecule has 0 aliphatic carbocycles. The van der Waals surface area contributed by atoms with Crippen molar-refractivity contribution in [1.82, 2.24) is 34.6 Å². The second-order valence-corrected chi connectivity index (χ2v) is 9.47. The predicted molar refractivity (Wildman–Crippen MR) is 136 cm³/mol. The molecule has 2 aliphatic rings. The third-order valence-corrected chi connectivity index (χ3v) is 6.82. The Morgan fingerprint density at radius 3 is 2.74 bits per heavy atom. The number of anilines is 1. The molecule has 204 valence electrons. The summed E-state index contributed by atoms with van der Waals surface area (Å²) in [5, 5.41) is 40.9. The van der Waals surface area contributed by atoms with E-state index in [1.807, 2.05) is 30.3 Å². The minimum absolute atomic E-state index is 0.00644. The zero-order chi connectivity index (χ0) is 26.9. The van der Waals surface area contributed by atoms with Gasteiger partial charge in [0.1, 0.15) is 18.3 Å². The van der Waals surface area contributed by atoms with Crippen LogP contribution < -0.4 is 10.6 Å². The summed E-state index contributed by atoms with van der Waals surface area (Å²) in [5.74, 6) is 0.269. The lowest BCUT2D eigenvalue weighted by molar-refractivity contribution is -0.0511. The number of aliphatic hydroxyl groups is 3. The molecule has 14 heteroatoms. The summed E-state index contributed by atoms with van der Waals surface area (Å²) in [6.07, 6.45) is 0.573. The SMILES string of the molecule is O=C(NCc1ccccc1)c1cnn(-c2nc(N[C@@H]3CCOC3)c3ncn([C@@H]4O[C@H](CO)[C@@H](O)[C@H]4O)c3n2)c1. The van der Waals surface area contributed by atoms with E-state index in [2.05, 4.69) is 30.7 Å². The number of fused-ring (bicyclic) bond motifs is 1. The van der Waals surface area contributed by atoms with Crippen LogP contribution in [0.3, 0.4) is 0 Å². The van der Waals surface area contributed by atoms with Crippen LogP contribution in [0.2, 0.25) is 0 Å².